The van der Waals surface area contributed by atoms with Crippen LogP contribution >= 0.6 is 15.9 Å². The molecule has 0 aliphatic rings. The van der Waals surface area contributed by atoms with Crippen LogP contribution in [0.4, 0.5) is 0 Å². The summed E-state index contributed by atoms with van der Waals surface area (Å²) >= 11 is 3.39. The molecule has 1 N–H and O–H groups in total. The van der Waals surface area contributed by atoms with E-state index in [1.54, 1.807) is 12.3 Å². The predicted octanol–water partition coefficient (Wildman–Crippen LogP) is 2.72. The number of hydrogen-bond acceptors (Lipinski definition) is 2. The number of hydrogen-bond donors (Lipinski definition) is 1. The van der Waals surface area contributed by atoms with Crippen molar-refractivity contribution in [3.63, 3.8) is 0 Å². The van der Waals surface area contributed by atoms with Crippen molar-refractivity contribution in [1.29, 1.82) is 0 Å². The summed E-state index contributed by atoms with van der Waals surface area (Å²) in [4.78, 5) is 14.4. The van der Waals surface area contributed by atoms with Gasteiger partial charge in [-0.3, -0.25) is 0 Å². The van der Waals surface area contributed by atoms with E-state index in [-0.39, 0.29) is 5.97 Å². The fourth-order valence-corrected chi connectivity index (χ4v) is 1.85. The van der Waals surface area contributed by atoms with Crippen LogP contribution in [-0.2, 0) is 4.74 Å². The van der Waals surface area contributed by atoms with Crippen molar-refractivity contribution in [2.45, 2.75) is 0 Å². The maximum atomic E-state index is 11.4. The molecule has 0 aliphatic heterocycles. The molecule has 72 valence electrons. The molecule has 0 spiro atoms. The summed E-state index contributed by atoms with van der Waals surface area (Å²) in [7, 11) is 1.37. The summed E-state index contributed by atoms with van der Waals surface area (Å²) in [6.07, 6.45) is 1.80. The lowest BCUT2D eigenvalue weighted by Gasteiger charge is -2.00. The monoisotopic (exact) mass is 253 g/mol. The summed E-state index contributed by atoms with van der Waals surface area (Å²) < 4.78 is 5.62. The largest absolute Gasteiger partial charge is 0.465 e. The standard InChI is InChI=1S/C10H8BrNO2/c1-14-10(13)7-4-2-3-6-8(11)5-12-9(6)7/h2-5,12H,1H3. The van der Waals surface area contributed by atoms with E-state index >= 15 is 0 Å². The second kappa shape index (κ2) is 3.46. The molecule has 0 aliphatic carbocycles. The minimum atomic E-state index is -0.329. The summed E-state index contributed by atoms with van der Waals surface area (Å²) in [5.74, 6) is -0.329. The average Bonchev–Trinajstić information content (AvgIpc) is 2.59. The molecule has 4 heteroatoms. The van der Waals surface area contributed by atoms with E-state index in [4.69, 9.17) is 0 Å². The lowest BCUT2D eigenvalue weighted by molar-refractivity contribution is 0.0603. The lowest BCUT2D eigenvalue weighted by atomic mass is 10.1. The first-order chi connectivity index (χ1) is 6.74. The van der Waals surface area contributed by atoms with Crippen molar-refractivity contribution in [2.75, 3.05) is 7.11 Å². The number of esters is 1. The Morgan fingerprint density at radius 1 is 1.50 bits per heavy atom. The number of aromatic amines is 1. The zero-order valence-corrected chi connectivity index (χ0v) is 9.09. The summed E-state index contributed by atoms with van der Waals surface area (Å²) in [5.41, 5.74) is 1.35. The van der Waals surface area contributed by atoms with Gasteiger partial charge in [-0.2, -0.15) is 0 Å². The Labute approximate surface area is 89.2 Å². The molecule has 1 aromatic carbocycles. The first-order valence-corrected chi connectivity index (χ1v) is 4.87. The van der Waals surface area contributed by atoms with E-state index in [1.807, 2.05) is 12.1 Å². The average molecular weight is 254 g/mol. The fourth-order valence-electron chi connectivity index (χ4n) is 1.40. The number of methoxy groups -OCH3 is 1. The third-order valence-corrected chi connectivity index (χ3v) is 2.73. The van der Waals surface area contributed by atoms with Gasteiger partial charge >= 0.3 is 5.97 Å². The van der Waals surface area contributed by atoms with Crippen molar-refractivity contribution in [3.05, 3.63) is 34.4 Å². The van der Waals surface area contributed by atoms with E-state index in [9.17, 15) is 4.79 Å². The molecule has 0 radical (unpaired) electrons. The van der Waals surface area contributed by atoms with Gasteiger partial charge in [-0.25, -0.2) is 4.79 Å². The quantitative estimate of drug-likeness (QED) is 0.795. The molecule has 14 heavy (non-hydrogen) atoms. The number of carbonyl (C=O) groups excluding carboxylic acids is 1. The van der Waals surface area contributed by atoms with Crippen molar-refractivity contribution >= 4 is 32.8 Å². The van der Waals surface area contributed by atoms with Gasteiger partial charge in [0.1, 0.15) is 0 Å². The Morgan fingerprint density at radius 2 is 2.29 bits per heavy atom. The number of H-pyrrole nitrogens is 1. The van der Waals surface area contributed by atoms with Gasteiger partial charge in [0.25, 0.3) is 0 Å². The van der Waals surface area contributed by atoms with Crippen LogP contribution in [0.15, 0.2) is 28.9 Å². The van der Waals surface area contributed by atoms with Gasteiger partial charge < -0.3 is 9.72 Å². The third-order valence-electron chi connectivity index (χ3n) is 2.07. The number of benzene rings is 1. The molecule has 0 unspecified atom stereocenters. The van der Waals surface area contributed by atoms with Crippen LogP contribution < -0.4 is 0 Å². The molecule has 0 bridgehead atoms. The Kier molecular flexibility index (Phi) is 2.29. The van der Waals surface area contributed by atoms with Crippen LogP contribution in [0.3, 0.4) is 0 Å². The lowest BCUT2D eigenvalue weighted by Crippen LogP contribution is -2.01. The SMILES string of the molecule is COC(=O)c1cccc2c(Br)c[nH]c12. The molecule has 2 rings (SSSR count). The van der Waals surface area contributed by atoms with E-state index in [0.717, 1.165) is 15.4 Å². The smallest absolute Gasteiger partial charge is 0.339 e. The molecule has 1 heterocycles. The zero-order chi connectivity index (χ0) is 10.1. The Bertz CT molecular complexity index is 490. The molecule has 3 nitrogen and oxygen atoms in total. The Morgan fingerprint density at radius 3 is 3.00 bits per heavy atom. The van der Waals surface area contributed by atoms with E-state index in [1.165, 1.54) is 7.11 Å². The minimum Gasteiger partial charge on any atom is -0.465 e. The van der Waals surface area contributed by atoms with Crippen LogP contribution in [0.5, 0.6) is 0 Å². The fraction of sp³-hybridized carbons (Fsp3) is 0.100. The molecule has 0 atom stereocenters. The van der Waals surface area contributed by atoms with Crippen molar-refractivity contribution in [1.82, 2.24) is 4.98 Å². The zero-order valence-electron chi connectivity index (χ0n) is 7.50. The molecule has 0 fully saturated rings. The van der Waals surface area contributed by atoms with Crippen molar-refractivity contribution in [3.8, 4) is 0 Å². The van der Waals surface area contributed by atoms with Crippen LogP contribution in [-0.4, -0.2) is 18.1 Å². The van der Waals surface area contributed by atoms with Crippen LogP contribution in [0.25, 0.3) is 10.9 Å². The van der Waals surface area contributed by atoms with Gasteiger partial charge in [0, 0.05) is 16.1 Å². The minimum absolute atomic E-state index is 0.329. The van der Waals surface area contributed by atoms with E-state index in [2.05, 4.69) is 25.7 Å². The number of para-hydroxylation sites is 1. The molecular weight excluding hydrogens is 246 g/mol. The topological polar surface area (TPSA) is 42.1 Å². The summed E-state index contributed by atoms with van der Waals surface area (Å²) in [6.45, 7) is 0. The Hall–Kier alpha value is -1.29. The molecule has 0 amide bonds. The van der Waals surface area contributed by atoms with Gasteiger partial charge in [-0.15, -0.1) is 0 Å². The molecule has 1 aromatic heterocycles. The predicted molar refractivity (Wildman–Crippen MR) is 57.3 cm³/mol. The number of aromatic nitrogens is 1. The van der Waals surface area contributed by atoms with Gasteiger partial charge in [-0.1, -0.05) is 12.1 Å². The molecular formula is C10H8BrNO2. The van der Waals surface area contributed by atoms with Crippen LogP contribution in [0, 0.1) is 0 Å². The van der Waals surface area contributed by atoms with Gasteiger partial charge in [0.2, 0.25) is 0 Å². The number of rotatable bonds is 1. The van der Waals surface area contributed by atoms with E-state index < -0.39 is 0 Å². The first-order valence-electron chi connectivity index (χ1n) is 4.08. The molecule has 0 saturated heterocycles. The molecule has 2 aromatic rings. The maximum Gasteiger partial charge on any atom is 0.339 e. The number of ether oxygens (including phenoxy) is 1. The van der Waals surface area contributed by atoms with E-state index in [0.29, 0.717) is 5.56 Å². The van der Waals surface area contributed by atoms with Gasteiger partial charge in [0.05, 0.1) is 18.2 Å². The van der Waals surface area contributed by atoms with Crippen molar-refractivity contribution < 1.29 is 9.53 Å². The summed E-state index contributed by atoms with van der Waals surface area (Å²) in [5, 5.41) is 0.980. The first kappa shape index (κ1) is 9.27. The normalized spacial score (nSPS) is 10.4. The number of carbonyl (C=O) groups is 1. The number of nitrogens with one attached hydrogen (secondary N) is 1. The second-order valence-electron chi connectivity index (χ2n) is 2.86. The van der Waals surface area contributed by atoms with Crippen LogP contribution in [0.2, 0.25) is 0 Å². The van der Waals surface area contributed by atoms with Crippen molar-refractivity contribution in [2.24, 2.45) is 0 Å². The summed E-state index contributed by atoms with van der Waals surface area (Å²) in [6, 6.07) is 5.49. The highest BCUT2D eigenvalue weighted by atomic mass is 79.9. The third kappa shape index (κ3) is 1.32. The highest BCUT2D eigenvalue weighted by Crippen LogP contribution is 2.25. The highest BCUT2D eigenvalue weighted by Gasteiger charge is 2.11. The molecule has 0 saturated carbocycles. The second-order valence-corrected chi connectivity index (χ2v) is 3.71. The Balaban J connectivity index is 2.71. The van der Waals surface area contributed by atoms with Gasteiger partial charge in [-0.05, 0) is 22.0 Å². The number of fused-ring (bicyclic) bond motifs is 1. The van der Waals surface area contributed by atoms with Gasteiger partial charge in [0.15, 0.2) is 0 Å². The number of halogens is 1. The maximum absolute atomic E-state index is 11.4. The van der Waals surface area contributed by atoms with Crippen LogP contribution in [0.1, 0.15) is 10.4 Å². The highest BCUT2D eigenvalue weighted by molar-refractivity contribution is 9.10.